The Morgan fingerprint density at radius 1 is 1.14 bits per heavy atom. The van der Waals surface area contributed by atoms with Crippen LogP contribution in [0.5, 0.6) is 0 Å². The number of hydrogen-bond donors (Lipinski definition) is 2. The number of para-hydroxylation sites is 1. The molecule has 1 saturated heterocycles. The second-order valence-electron chi connectivity index (χ2n) is 7.31. The molecule has 2 atom stereocenters. The number of nitrogens with one attached hydrogen (secondary N) is 2. The van der Waals surface area contributed by atoms with E-state index in [-0.39, 0.29) is 0 Å². The van der Waals surface area contributed by atoms with Crippen molar-refractivity contribution in [2.45, 2.75) is 19.0 Å². The van der Waals surface area contributed by atoms with Crippen LogP contribution in [0.4, 0.5) is 5.69 Å². The minimum Gasteiger partial charge on any atom is -0.379 e. The third-order valence-electron chi connectivity index (χ3n) is 5.43. The molecule has 2 N–H and O–H groups in total. The van der Waals surface area contributed by atoms with Gasteiger partial charge in [0.05, 0.1) is 19.3 Å². The second kappa shape index (κ2) is 11.2. The molecule has 2 heterocycles. The summed E-state index contributed by atoms with van der Waals surface area (Å²) in [5.41, 5.74) is 1.22. The van der Waals surface area contributed by atoms with Crippen molar-refractivity contribution in [3.8, 4) is 0 Å². The average molecular weight is 416 g/mol. The van der Waals surface area contributed by atoms with Crippen molar-refractivity contribution in [2.24, 2.45) is 4.99 Å². The molecule has 0 amide bonds. The Balaban J connectivity index is 1.53. The van der Waals surface area contributed by atoms with E-state index in [2.05, 4.69) is 81.2 Å². The molecule has 1 aliphatic rings. The molecule has 2 aromatic rings. The molecule has 0 aliphatic carbocycles. The van der Waals surface area contributed by atoms with Gasteiger partial charge in [-0.1, -0.05) is 24.3 Å². The van der Waals surface area contributed by atoms with Crippen LogP contribution in [0.3, 0.4) is 0 Å². The van der Waals surface area contributed by atoms with Crippen LogP contribution in [-0.4, -0.2) is 70.4 Å². The van der Waals surface area contributed by atoms with E-state index >= 15 is 0 Å². The minimum atomic E-state index is 0.335. The molecule has 1 aromatic heterocycles. The summed E-state index contributed by atoms with van der Waals surface area (Å²) in [7, 11) is 3.96. The maximum Gasteiger partial charge on any atom is 0.191 e. The number of benzene rings is 1. The maximum absolute atomic E-state index is 5.54. The number of rotatable bonds is 8. The van der Waals surface area contributed by atoms with Crippen LogP contribution in [0.15, 0.2) is 52.8 Å². The molecule has 158 valence electrons. The largest absolute Gasteiger partial charge is 0.379 e. The van der Waals surface area contributed by atoms with Gasteiger partial charge in [-0.05, 0) is 30.5 Å². The van der Waals surface area contributed by atoms with E-state index in [1.807, 2.05) is 24.5 Å². The third kappa shape index (κ3) is 6.19. The van der Waals surface area contributed by atoms with Crippen molar-refractivity contribution in [1.29, 1.82) is 0 Å². The molecule has 1 aliphatic heterocycles. The standard InChI is InChI=1S/C22H33N5OS/c1-18(26(3)19-8-5-4-6-9-19)16-24-22(23-2)25-17-20(21-10-7-15-29-21)27-11-13-28-14-12-27/h4-10,15,18,20H,11-14,16-17H2,1-3H3,(H2,23,24,25). The van der Waals surface area contributed by atoms with Gasteiger partial charge in [-0.15, -0.1) is 11.3 Å². The molecule has 6 nitrogen and oxygen atoms in total. The first-order valence-electron chi connectivity index (χ1n) is 10.3. The van der Waals surface area contributed by atoms with Gasteiger partial charge < -0.3 is 20.3 Å². The van der Waals surface area contributed by atoms with E-state index in [9.17, 15) is 0 Å². The predicted octanol–water partition coefficient (Wildman–Crippen LogP) is 2.81. The fourth-order valence-corrected chi connectivity index (χ4v) is 4.35. The van der Waals surface area contributed by atoms with Gasteiger partial charge in [0.25, 0.3) is 0 Å². The maximum atomic E-state index is 5.54. The van der Waals surface area contributed by atoms with Crippen molar-refractivity contribution in [2.75, 3.05) is 58.4 Å². The predicted molar refractivity (Wildman–Crippen MR) is 123 cm³/mol. The van der Waals surface area contributed by atoms with E-state index in [1.54, 1.807) is 0 Å². The fraction of sp³-hybridized carbons (Fsp3) is 0.500. The molecule has 2 unspecified atom stereocenters. The quantitative estimate of drug-likeness (QED) is 0.513. The lowest BCUT2D eigenvalue weighted by molar-refractivity contribution is 0.0177. The summed E-state index contributed by atoms with van der Waals surface area (Å²) in [5, 5.41) is 9.16. The van der Waals surface area contributed by atoms with Gasteiger partial charge in [0.2, 0.25) is 0 Å². The number of guanidine groups is 1. The monoisotopic (exact) mass is 415 g/mol. The number of nitrogens with zero attached hydrogens (tertiary/aromatic N) is 3. The van der Waals surface area contributed by atoms with Crippen molar-refractivity contribution in [3.05, 3.63) is 52.7 Å². The number of aliphatic imine (C=N–C) groups is 1. The highest BCUT2D eigenvalue weighted by molar-refractivity contribution is 7.10. The molecule has 1 fully saturated rings. The lowest BCUT2D eigenvalue weighted by atomic mass is 10.2. The van der Waals surface area contributed by atoms with Crippen LogP contribution in [0.2, 0.25) is 0 Å². The Labute approximate surface area is 178 Å². The van der Waals surface area contributed by atoms with Gasteiger partial charge >= 0.3 is 0 Å². The van der Waals surface area contributed by atoms with E-state index in [0.29, 0.717) is 12.1 Å². The number of anilines is 1. The van der Waals surface area contributed by atoms with Crippen LogP contribution in [0.1, 0.15) is 17.8 Å². The first kappa shape index (κ1) is 21.6. The smallest absolute Gasteiger partial charge is 0.191 e. The second-order valence-corrected chi connectivity index (χ2v) is 8.29. The zero-order valence-electron chi connectivity index (χ0n) is 17.7. The normalized spacial score (nSPS) is 17.6. The SMILES string of the molecule is CN=C(NCC(c1cccs1)N1CCOCC1)NCC(C)N(C)c1ccccc1. The van der Waals surface area contributed by atoms with Crippen LogP contribution in [0, 0.1) is 0 Å². The Morgan fingerprint density at radius 2 is 1.86 bits per heavy atom. The van der Waals surface area contributed by atoms with Gasteiger partial charge in [0, 0.05) is 56.9 Å². The van der Waals surface area contributed by atoms with Gasteiger partial charge in [0.15, 0.2) is 5.96 Å². The molecule has 0 radical (unpaired) electrons. The molecule has 0 saturated carbocycles. The van der Waals surface area contributed by atoms with Crippen molar-refractivity contribution in [1.82, 2.24) is 15.5 Å². The fourth-order valence-electron chi connectivity index (χ4n) is 3.49. The van der Waals surface area contributed by atoms with Gasteiger partial charge in [-0.2, -0.15) is 0 Å². The summed E-state index contributed by atoms with van der Waals surface area (Å²) in [6.07, 6.45) is 0. The Bertz CT molecular complexity index is 731. The van der Waals surface area contributed by atoms with Crippen molar-refractivity contribution >= 4 is 23.0 Å². The summed E-state index contributed by atoms with van der Waals surface area (Å²) in [5.74, 6) is 0.841. The first-order valence-corrected chi connectivity index (χ1v) is 11.1. The van der Waals surface area contributed by atoms with E-state index in [1.165, 1.54) is 10.6 Å². The highest BCUT2D eigenvalue weighted by atomic mass is 32.1. The van der Waals surface area contributed by atoms with Gasteiger partial charge in [-0.3, -0.25) is 9.89 Å². The summed E-state index contributed by atoms with van der Waals surface area (Å²) in [6, 6.07) is 15.5. The van der Waals surface area contributed by atoms with Crippen LogP contribution < -0.4 is 15.5 Å². The summed E-state index contributed by atoms with van der Waals surface area (Å²) in [6.45, 7) is 7.39. The van der Waals surface area contributed by atoms with Crippen LogP contribution in [0.25, 0.3) is 0 Å². The highest BCUT2D eigenvalue weighted by Gasteiger charge is 2.23. The highest BCUT2D eigenvalue weighted by Crippen LogP contribution is 2.25. The number of thiophene rings is 1. The Morgan fingerprint density at radius 3 is 2.52 bits per heavy atom. The summed E-state index contributed by atoms with van der Waals surface area (Å²) < 4.78 is 5.54. The van der Waals surface area contributed by atoms with Crippen molar-refractivity contribution < 1.29 is 4.74 Å². The van der Waals surface area contributed by atoms with E-state index in [4.69, 9.17) is 4.74 Å². The third-order valence-corrected chi connectivity index (χ3v) is 6.41. The molecule has 3 rings (SSSR count). The molecular weight excluding hydrogens is 382 g/mol. The van der Waals surface area contributed by atoms with E-state index < -0.39 is 0 Å². The Kier molecular flexibility index (Phi) is 8.34. The van der Waals surface area contributed by atoms with Crippen molar-refractivity contribution in [3.63, 3.8) is 0 Å². The van der Waals surface area contributed by atoms with Gasteiger partial charge in [0.1, 0.15) is 0 Å². The molecule has 0 spiro atoms. The zero-order valence-corrected chi connectivity index (χ0v) is 18.5. The number of likely N-dealkylation sites (N-methyl/N-ethyl adjacent to an activating group) is 1. The molecule has 7 heteroatoms. The molecule has 1 aromatic carbocycles. The molecular formula is C22H33N5OS. The molecule has 0 bridgehead atoms. The summed E-state index contributed by atoms with van der Waals surface area (Å²) in [4.78, 5) is 10.6. The lowest BCUT2D eigenvalue weighted by Crippen LogP contribution is -2.48. The van der Waals surface area contributed by atoms with Crippen LogP contribution >= 0.6 is 11.3 Å². The van der Waals surface area contributed by atoms with Gasteiger partial charge in [-0.25, -0.2) is 0 Å². The lowest BCUT2D eigenvalue weighted by Gasteiger charge is -2.34. The number of morpholine rings is 1. The molecule has 29 heavy (non-hydrogen) atoms. The first-order chi connectivity index (χ1) is 14.2. The van der Waals surface area contributed by atoms with Crippen LogP contribution in [-0.2, 0) is 4.74 Å². The average Bonchev–Trinajstić information content (AvgIpc) is 3.31. The number of hydrogen-bond acceptors (Lipinski definition) is 5. The zero-order chi connectivity index (χ0) is 20.5. The number of ether oxygens (including phenoxy) is 1. The van der Waals surface area contributed by atoms with E-state index in [0.717, 1.165) is 45.4 Å². The summed E-state index contributed by atoms with van der Waals surface area (Å²) >= 11 is 1.81. The topological polar surface area (TPSA) is 52.1 Å². The minimum absolute atomic E-state index is 0.335. The Hall–Kier alpha value is -2.09.